The summed E-state index contributed by atoms with van der Waals surface area (Å²) in [6.07, 6.45) is -0.190. The van der Waals surface area contributed by atoms with Gasteiger partial charge in [0, 0.05) is 0 Å². The van der Waals surface area contributed by atoms with Crippen molar-refractivity contribution in [1.82, 2.24) is 0 Å². The number of hydrogen-bond acceptors (Lipinski definition) is 5. The van der Waals surface area contributed by atoms with Crippen LogP contribution in [0.1, 0.15) is 35.3 Å². The molecule has 0 fully saturated rings. The van der Waals surface area contributed by atoms with Crippen LogP contribution in [-0.4, -0.2) is 12.1 Å². The van der Waals surface area contributed by atoms with Crippen LogP contribution >= 0.6 is 0 Å². The molecule has 2 aromatic rings. The lowest BCUT2D eigenvalue weighted by molar-refractivity contribution is 0.0378. The SMILES string of the molecule is CC(C)OC(=O)c1ccc(Oc2cccc(C#N)c2C#N)cc1. The fraction of sp³-hybridized carbons (Fsp3) is 0.167. The van der Waals surface area contributed by atoms with Crippen molar-refractivity contribution in [2.24, 2.45) is 0 Å². The van der Waals surface area contributed by atoms with E-state index in [9.17, 15) is 4.79 Å². The van der Waals surface area contributed by atoms with Crippen LogP contribution < -0.4 is 4.74 Å². The molecule has 114 valence electrons. The molecule has 0 aliphatic heterocycles. The van der Waals surface area contributed by atoms with Crippen molar-refractivity contribution in [2.45, 2.75) is 20.0 Å². The van der Waals surface area contributed by atoms with Crippen LogP contribution in [0.2, 0.25) is 0 Å². The smallest absolute Gasteiger partial charge is 0.338 e. The standard InChI is InChI=1S/C18H14N2O3/c1-12(2)22-18(21)13-6-8-15(9-7-13)23-17-5-3-4-14(10-19)16(17)11-20/h3-9,12H,1-2H3. The van der Waals surface area contributed by atoms with Crippen LogP contribution in [0.5, 0.6) is 11.5 Å². The molecule has 0 heterocycles. The number of nitrogens with zero attached hydrogens (tertiary/aromatic N) is 2. The first-order valence-corrected chi connectivity index (χ1v) is 6.97. The van der Waals surface area contributed by atoms with Gasteiger partial charge in [-0.3, -0.25) is 0 Å². The maximum atomic E-state index is 11.8. The molecule has 5 heteroatoms. The molecule has 0 unspecified atom stereocenters. The molecule has 2 aromatic carbocycles. The van der Waals surface area contributed by atoms with E-state index in [1.54, 1.807) is 56.3 Å². The van der Waals surface area contributed by atoms with Crippen LogP contribution in [0.15, 0.2) is 42.5 Å². The van der Waals surface area contributed by atoms with Gasteiger partial charge in [0.1, 0.15) is 29.2 Å². The molecule has 0 amide bonds. The number of esters is 1. The molecule has 0 bridgehead atoms. The Morgan fingerprint density at radius 1 is 1.04 bits per heavy atom. The van der Waals surface area contributed by atoms with E-state index in [2.05, 4.69) is 0 Å². The minimum Gasteiger partial charge on any atom is -0.459 e. The zero-order valence-electron chi connectivity index (χ0n) is 12.7. The highest BCUT2D eigenvalue weighted by Crippen LogP contribution is 2.27. The van der Waals surface area contributed by atoms with Gasteiger partial charge in [-0.05, 0) is 50.2 Å². The van der Waals surface area contributed by atoms with Crippen LogP contribution in [0, 0.1) is 22.7 Å². The van der Waals surface area contributed by atoms with Crippen molar-refractivity contribution in [3.8, 4) is 23.6 Å². The fourth-order valence-electron chi connectivity index (χ4n) is 1.89. The summed E-state index contributed by atoms with van der Waals surface area (Å²) in [5, 5.41) is 18.2. The van der Waals surface area contributed by atoms with Gasteiger partial charge < -0.3 is 9.47 Å². The number of nitriles is 2. The monoisotopic (exact) mass is 306 g/mol. The summed E-state index contributed by atoms with van der Waals surface area (Å²) in [6.45, 7) is 3.56. The summed E-state index contributed by atoms with van der Waals surface area (Å²) in [7, 11) is 0. The van der Waals surface area contributed by atoms with Gasteiger partial charge in [0.2, 0.25) is 0 Å². The van der Waals surface area contributed by atoms with Crippen molar-refractivity contribution in [3.63, 3.8) is 0 Å². The van der Waals surface area contributed by atoms with E-state index >= 15 is 0 Å². The molecule has 0 aliphatic carbocycles. The Hall–Kier alpha value is -3.31. The van der Waals surface area contributed by atoms with Crippen LogP contribution in [0.4, 0.5) is 0 Å². The lowest BCUT2D eigenvalue weighted by Gasteiger charge is -2.10. The van der Waals surface area contributed by atoms with Crippen LogP contribution in [0.3, 0.4) is 0 Å². The molecular weight excluding hydrogens is 292 g/mol. The average molecular weight is 306 g/mol. The fourth-order valence-corrected chi connectivity index (χ4v) is 1.89. The zero-order valence-corrected chi connectivity index (χ0v) is 12.7. The molecule has 2 rings (SSSR count). The van der Waals surface area contributed by atoms with Crippen molar-refractivity contribution in [3.05, 3.63) is 59.2 Å². The highest BCUT2D eigenvalue weighted by atomic mass is 16.5. The van der Waals surface area contributed by atoms with E-state index < -0.39 is 5.97 Å². The van der Waals surface area contributed by atoms with E-state index in [4.69, 9.17) is 20.0 Å². The second-order valence-corrected chi connectivity index (χ2v) is 4.98. The predicted molar refractivity (Wildman–Crippen MR) is 82.9 cm³/mol. The molecule has 0 saturated carbocycles. The molecule has 0 aromatic heterocycles. The second kappa shape index (κ2) is 7.11. The summed E-state index contributed by atoms with van der Waals surface area (Å²) in [5.74, 6) is 0.345. The quantitative estimate of drug-likeness (QED) is 0.802. The summed E-state index contributed by atoms with van der Waals surface area (Å²) in [5.41, 5.74) is 0.845. The molecule has 0 aliphatic rings. The van der Waals surface area contributed by atoms with E-state index in [0.29, 0.717) is 17.1 Å². The van der Waals surface area contributed by atoms with E-state index in [0.717, 1.165) is 0 Å². The molecule has 0 N–H and O–H groups in total. The number of benzene rings is 2. The molecule has 5 nitrogen and oxygen atoms in total. The van der Waals surface area contributed by atoms with Crippen molar-refractivity contribution < 1.29 is 14.3 Å². The minimum atomic E-state index is -0.407. The topological polar surface area (TPSA) is 83.1 Å². The third kappa shape index (κ3) is 3.87. The van der Waals surface area contributed by atoms with E-state index in [-0.39, 0.29) is 17.2 Å². The Kier molecular flexibility index (Phi) is 4.96. The Morgan fingerprint density at radius 3 is 2.30 bits per heavy atom. The summed E-state index contributed by atoms with van der Waals surface area (Å²) in [4.78, 5) is 11.8. The Bertz CT molecular complexity index is 796. The maximum absolute atomic E-state index is 11.8. The Balaban J connectivity index is 2.21. The van der Waals surface area contributed by atoms with Crippen molar-refractivity contribution in [2.75, 3.05) is 0 Å². The second-order valence-electron chi connectivity index (χ2n) is 4.98. The first-order valence-electron chi connectivity index (χ1n) is 6.97. The van der Waals surface area contributed by atoms with E-state index in [1.807, 2.05) is 12.1 Å². The number of rotatable bonds is 4. The largest absolute Gasteiger partial charge is 0.459 e. The number of hydrogen-bond donors (Lipinski definition) is 0. The van der Waals surface area contributed by atoms with E-state index in [1.165, 1.54) is 0 Å². The summed E-state index contributed by atoms with van der Waals surface area (Å²) < 4.78 is 10.7. The van der Waals surface area contributed by atoms with Gasteiger partial charge in [-0.25, -0.2) is 4.79 Å². The van der Waals surface area contributed by atoms with Crippen LogP contribution in [0.25, 0.3) is 0 Å². The zero-order chi connectivity index (χ0) is 16.8. The minimum absolute atomic E-state index is 0.179. The molecule has 0 saturated heterocycles. The number of carbonyl (C=O) groups excluding carboxylic acids is 1. The molecular formula is C18H14N2O3. The average Bonchev–Trinajstić information content (AvgIpc) is 2.54. The first kappa shape index (κ1) is 16.1. The molecule has 23 heavy (non-hydrogen) atoms. The van der Waals surface area contributed by atoms with Gasteiger partial charge in [-0.15, -0.1) is 0 Å². The van der Waals surface area contributed by atoms with Gasteiger partial charge in [0.25, 0.3) is 0 Å². The predicted octanol–water partition coefficient (Wildman–Crippen LogP) is 3.79. The third-order valence-corrected chi connectivity index (χ3v) is 2.92. The summed E-state index contributed by atoms with van der Waals surface area (Å²) >= 11 is 0. The lowest BCUT2D eigenvalue weighted by atomic mass is 10.1. The van der Waals surface area contributed by atoms with Crippen molar-refractivity contribution >= 4 is 5.97 Å². The van der Waals surface area contributed by atoms with Crippen LogP contribution in [-0.2, 0) is 4.74 Å². The first-order chi connectivity index (χ1) is 11.0. The Morgan fingerprint density at radius 2 is 1.74 bits per heavy atom. The van der Waals surface area contributed by atoms with Crippen molar-refractivity contribution in [1.29, 1.82) is 10.5 Å². The molecule has 0 atom stereocenters. The third-order valence-electron chi connectivity index (χ3n) is 2.92. The highest BCUT2D eigenvalue weighted by Gasteiger charge is 2.12. The normalized spacial score (nSPS) is 9.78. The highest BCUT2D eigenvalue weighted by molar-refractivity contribution is 5.89. The maximum Gasteiger partial charge on any atom is 0.338 e. The van der Waals surface area contributed by atoms with Gasteiger partial charge in [0.05, 0.1) is 17.2 Å². The number of carbonyl (C=O) groups is 1. The Labute approximate surface area is 134 Å². The van der Waals surface area contributed by atoms with Gasteiger partial charge in [-0.1, -0.05) is 6.07 Å². The van der Waals surface area contributed by atoms with Gasteiger partial charge >= 0.3 is 5.97 Å². The molecule has 0 spiro atoms. The lowest BCUT2D eigenvalue weighted by Crippen LogP contribution is -2.11. The summed E-state index contributed by atoms with van der Waals surface area (Å²) in [6, 6.07) is 15.1. The number of ether oxygens (including phenoxy) is 2. The van der Waals surface area contributed by atoms with Gasteiger partial charge in [-0.2, -0.15) is 10.5 Å². The van der Waals surface area contributed by atoms with Gasteiger partial charge in [0.15, 0.2) is 0 Å². The molecule has 0 radical (unpaired) electrons.